The van der Waals surface area contributed by atoms with E-state index in [1.165, 1.54) is 6.08 Å². The number of hydrogen-bond acceptors (Lipinski definition) is 3. The highest BCUT2D eigenvalue weighted by atomic mass is 16.5. The summed E-state index contributed by atoms with van der Waals surface area (Å²) in [7, 11) is 0. The fraction of sp³-hybridized carbons (Fsp3) is 0.667. The van der Waals surface area contributed by atoms with Crippen molar-refractivity contribution in [3.8, 4) is 0 Å². The largest absolute Gasteiger partial charge is 0.460 e. The van der Waals surface area contributed by atoms with Crippen LogP contribution < -0.4 is 5.73 Å². The molecule has 0 aromatic carbocycles. The summed E-state index contributed by atoms with van der Waals surface area (Å²) in [5.41, 5.74) is 5.60. The minimum Gasteiger partial charge on any atom is -0.460 e. The third kappa shape index (κ3) is 3.53. The molecule has 0 aliphatic rings. The molecule has 12 heavy (non-hydrogen) atoms. The predicted molar refractivity (Wildman–Crippen MR) is 48.6 cm³/mol. The summed E-state index contributed by atoms with van der Waals surface area (Å²) < 4.78 is 4.79. The number of esters is 1. The van der Waals surface area contributed by atoms with E-state index >= 15 is 0 Å². The van der Waals surface area contributed by atoms with E-state index in [2.05, 4.69) is 6.58 Å². The summed E-state index contributed by atoms with van der Waals surface area (Å²) in [6, 6.07) is -0.505. The fourth-order valence-corrected chi connectivity index (χ4v) is 0.724. The van der Waals surface area contributed by atoms with Gasteiger partial charge in [-0.1, -0.05) is 32.9 Å². The van der Waals surface area contributed by atoms with Gasteiger partial charge in [-0.2, -0.15) is 0 Å². The van der Waals surface area contributed by atoms with Gasteiger partial charge in [0.1, 0.15) is 12.6 Å². The van der Waals surface area contributed by atoms with Gasteiger partial charge in [0.05, 0.1) is 0 Å². The second-order valence-electron chi connectivity index (χ2n) is 2.83. The molecule has 2 unspecified atom stereocenters. The quantitative estimate of drug-likeness (QED) is 0.497. The Morgan fingerprint density at radius 1 is 1.75 bits per heavy atom. The van der Waals surface area contributed by atoms with Gasteiger partial charge in [-0.3, -0.25) is 4.79 Å². The molecule has 0 saturated carbocycles. The maximum Gasteiger partial charge on any atom is 0.323 e. The lowest BCUT2D eigenvalue weighted by atomic mass is 10.0. The summed E-state index contributed by atoms with van der Waals surface area (Å²) in [6.07, 6.45) is 2.41. The highest BCUT2D eigenvalue weighted by Crippen LogP contribution is 2.06. The molecule has 0 aliphatic carbocycles. The highest BCUT2D eigenvalue weighted by Gasteiger charge is 2.19. The minimum atomic E-state index is -0.505. The van der Waals surface area contributed by atoms with Crippen LogP contribution in [0.15, 0.2) is 12.7 Å². The van der Waals surface area contributed by atoms with Crippen LogP contribution in [0.5, 0.6) is 0 Å². The molecule has 0 amide bonds. The molecule has 0 aromatic heterocycles. The van der Waals surface area contributed by atoms with E-state index in [4.69, 9.17) is 10.5 Å². The van der Waals surface area contributed by atoms with Crippen LogP contribution in [-0.2, 0) is 9.53 Å². The Morgan fingerprint density at radius 3 is 2.75 bits per heavy atom. The Kier molecular flexibility index (Phi) is 5.37. The lowest BCUT2D eigenvalue weighted by molar-refractivity contribution is -0.145. The summed E-state index contributed by atoms with van der Waals surface area (Å²) in [5.74, 6) is -0.174. The van der Waals surface area contributed by atoms with Gasteiger partial charge in [-0.05, 0) is 5.92 Å². The molecule has 0 aromatic rings. The van der Waals surface area contributed by atoms with E-state index < -0.39 is 6.04 Å². The molecule has 0 rings (SSSR count). The maximum atomic E-state index is 11.1. The molecule has 0 spiro atoms. The summed E-state index contributed by atoms with van der Waals surface area (Å²) in [6.45, 7) is 7.60. The van der Waals surface area contributed by atoms with Crippen molar-refractivity contribution < 1.29 is 9.53 Å². The van der Waals surface area contributed by atoms with Crippen LogP contribution in [0.4, 0.5) is 0 Å². The molecule has 3 nitrogen and oxygen atoms in total. The van der Waals surface area contributed by atoms with Crippen LogP contribution in [0.25, 0.3) is 0 Å². The van der Waals surface area contributed by atoms with Gasteiger partial charge in [0.15, 0.2) is 0 Å². The molecule has 0 fully saturated rings. The average molecular weight is 171 g/mol. The van der Waals surface area contributed by atoms with Gasteiger partial charge >= 0.3 is 5.97 Å². The monoisotopic (exact) mass is 171 g/mol. The Labute approximate surface area is 73.6 Å². The lowest BCUT2D eigenvalue weighted by Crippen LogP contribution is -2.38. The van der Waals surface area contributed by atoms with Gasteiger partial charge in [-0.15, -0.1) is 0 Å². The number of carbonyl (C=O) groups is 1. The topological polar surface area (TPSA) is 52.3 Å². The van der Waals surface area contributed by atoms with E-state index in [1.54, 1.807) is 0 Å². The van der Waals surface area contributed by atoms with Crippen molar-refractivity contribution >= 4 is 5.97 Å². The Hall–Kier alpha value is -0.830. The van der Waals surface area contributed by atoms with Crippen molar-refractivity contribution in [2.75, 3.05) is 6.61 Å². The van der Waals surface area contributed by atoms with E-state index in [0.29, 0.717) is 0 Å². The maximum absolute atomic E-state index is 11.1. The molecule has 0 saturated heterocycles. The molecular formula is C9H17NO2. The molecule has 0 bridgehead atoms. The molecule has 70 valence electrons. The Morgan fingerprint density at radius 2 is 2.33 bits per heavy atom. The third-order valence-corrected chi connectivity index (χ3v) is 1.87. The minimum absolute atomic E-state index is 0.169. The zero-order chi connectivity index (χ0) is 9.56. The van der Waals surface area contributed by atoms with E-state index in [1.807, 2.05) is 13.8 Å². The van der Waals surface area contributed by atoms with Crippen molar-refractivity contribution in [2.24, 2.45) is 11.7 Å². The van der Waals surface area contributed by atoms with Crippen molar-refractivity contribution in [1.82, 2.24) is 0 Å². The van der Waals surface area contributed by atoms with Gasteiger partial charge in [0.25, 0.3) is 0 Å². The summed E-state index contributed by atoms with van der Waals surface area (Å²) in [5, 5.41) is 0. The van der Waals surface area contributed by atoms with Crippen LogP contribution in [0.2, 0.25) is 0 Å². The van der Waals surface area contributed by atoms with Crippen LogP contribution >= 0.6 is 0 Å². The van der Waals surface area contributed by atoms with Crippen LogP contribution in [0, 0.1) is 5.92 Å². The van der Waals surface area contributed by atoms with Crippen LogP contribution in [0.1, 0.15) is 20.3 Å². The Balaban J connectivity index is 3.83. The third-order valence-electron chi connectivity index (χ3n) is 1.87. The van der Waals surface area contributed by atoms with E-state index in [-0.39, 0.29) is 18.5 Å². The van der Waals surface area contributed by atoms with Crippen LogP contribution in [0.3, 0.4) is 0 Å². The number of hydrogen-bond donors (Lipinski definition) is 1. The van der Waals surface area contributed by atoms with Crippen molar-refractivity contribution in [3.05, 3.63) is 12.7 Å². The van der Waals surface area contributed by atoms with Gasteiger partial charge in [0, 0.05) is 0 Å². The molecule has 0 heterocycles. The summed E-state index contributed by atoms with van der Waals surface area (Å²) in [4.78, 5) is 11.1. The molecule has 0 radical (unpaired) electrons. The second-order valence-corrected chi connectivity index (χ2v) is 2.83. The molecule has 2 atom stereocenters. The van der Waals surface area contributed by atoms with Crippen molar-refractivity contribution in [2.45, 2.75) is 26.3 Å². The second kappa shape index (κ2) is 5.77. The van der Waals surface area contributed by atoms with Crippen molar-refractivity contribution in [1.29, 1.82) is 0 Å². The van der Waals surface area contributed by atoms with Crippen LogP contribution in [-0.4, -0.2) is 18.6 Å². The van der Waals surface area contributed by atoms with Gasteiger partial charge in [0.2, 0.25) is 0 Å². The Bertz CT molecular complexity index is 157. The molecule has 2 N–H and O–H groups in total. The smallest absolute Gasteiger partial charge is 0.323 e. The number of ether oxygens (including phenoxy) is 1. The number of rotatable bonds is 5. The predicted octanol–water partition coefficient (Wildman–Crippen LogP) is 1.09. The van der Waals surface area contributed by atoms with Gasteiger partial charge < -0.3 is 10.5 Å². The highest BCUT2D eigenvalue weighted by molar-refractivity contribution is 5.75. The fourth-order valence-electron chi connectivity index (χ4n) is 0.724. The first kappa shape index (κ1) is 11.2. The lowest BCUT2D eigenvalue weighted by Gasteiger charge is -2.15. The first-order valence-electron chi connectivity index (χ1n) is 4.16. The summed E-state index contributed by atoms with van der Waals surface area (Å²) >= 11 is 0. The zero-order valence-electron chi connectivity index (χ0n) is 7.75. The normalized spacial score (nSPS) is 14.9. The van der Waals surface area contributed by atoms with E-state index in [9.17, 15) is 4.79 Å². The average Bonchev–Trinajstić information content (AvgIpc) is 2.11. The molecule has 3 heteroatoms. The van der Waals surface area contributed by atoms with Gasteiger partial charge in [-0.25, -0.2) is 0 Å². The number of nitrogens with two attached hydrogens (primary N) is 1. The molecular weight excluding hydrogens is 154 g/mol. The SMILES string of the molecule is C=CCOC(=O)C(N)C(C)CC. The first-order valence-corrected chi connectivity index (χ1v) is 4.16. The van der Waals surface area contributed by atoms with Crippen molar-refractivity contribution in [3.63, 3.8) is 0 Å². The standard InChI is InChI=1S/C9H17NO2/c1-4-6-12-9(11)8(10)7(3)5-2/h4,7-8H,1,5-6,10H2,2-3H3. The zero-order valence-corrected chi connectivity index (χ0v) is 7.75. The molecule has 0 aliphatic heterocycles. The first-order chi connectivity index (χ1) is 5.63. The van der Waals surface area contributed by atoms with E-state index in [0.717, 1.165) is 6.42 Å². The number of carbonyl (C=O) groups excluding carboxylic acids is 1.